The van der Waals surface area contributed by atoms with Crippen LogP contribution in [0.5, 0.6) is 0 Å². The molecule has 3 heterocycles. The molecule has 2 aromatic heterocycles. The van der Waals surface area contributed by atoms with Gasteiger partial charge in [-0.25, -0.2) is 5.01 Å². The van der Waals surface area contributed by atoms with Crippen molar-refractivity contribution in [2.75, 3.05) is 5.75 Å². The first-order valence-electron chi connectivity index (χ1n) is 10.1. The number of thioether (sulfide) groups is 1. The van der Waals surface area contributed by atoms with Crippen molar-refractivity contribution in [1.29, 1.82) is 0 Å². The number of carbonyl (C=O) groups is 1. The predicted molar refractivity (Wildman–Crippen MR) is 114 cm³/mol. The average molecular weight is 422 g/mol. The summed E-state index contributed by atoms with van der Waals surface area (Å²) >= 11 is 1.43. The number of amides is 1. The molecule has 0 spiro atoms. The fourth-order valence-electron chi connectivity index (χ4n) is 3.76. The Balaban J connectivity index is 1.36. The van der Waals surface area contributed by atoms with E-state index in [4.69, 9.17) is 9.52 Å². The first-order chi connectivity index (χ1) is 14.6. The first kappa shape index (κ1) is 19.1. The van der Waals surface area contributed by atoms with Crippen LogP contribution in [-0.2, 0) is 4.79 Å². The highest BCUT2D eigenvalue weighted by atomic mass is 32.2. The molecule has 1 amide bonds. The Kier molecular flexibility index (Phi) is 4.94. The van der Waals surface area contributed by atoms with Crippen molar-refractivity contribution in [1.82, 2.24) is 19.8 Å². The Morgan fingerprint density at radius 1 is 1.17 bits per heavy atom. The van der Waals surface area contributed by atoms with Gasteiger partial charge >= 0.3 is 0 Å². The van der Waals surface area contributed by atoms with Gasteiger partial charge in [-0.1, -0.05) is 41.6 Å². The molecule has 154 valence electrons. The molecule has 0 bridgehead atoms. The molecule has 2 aliphatic rings. The molecule has 1 aliphatic carbocycles. The number of hydrogen-bond donors (Lipinski definition) is 0. The van der Waals surface area contributed by atoms with Crippen LogP contribution < -0.4 is 0 Å². The average Bonchev–Trinajstić information content (AvgIpc) is 3.14. The first-order valence-corrected chi connectivity index (χ1v) is 11.1. The zero-order valence-corrected chi connectivity index (χ0v) is 17.8. The van der Waals surface area contributed by atoms with Crippen LogP contribution in [0, 0.1) is 13.8 Å². The lowest BCUT2D eigenvalue weighted by Crippen LogP contribution is -2.28. The SMILES string of the molecule is Cc1ccc(C2=NN(C(=O)CSc3nnc(C)n3C3CC3)[C@@H](c3ccco3)C2)cc1. The van der Waals surface area contributed by atoms with Crippen LogP contribution in [-0.4, -0.2) is 37.1 Å². The second-order valence-electron chi connectivity index (χ2n) is 7.81. The molecule has 0 saturated heterocycles. The summed E-state index contributed by atoms with van der Waals surface area (Å²) in [6.45, 7) is 4.02. The van der Waals surface area contributed by atoms with E-state index in [9.17, 15) is 4.79 Å². The molecule has 8 heteroatoms. The summed E-state index contributed by atoms with van der Waals surface area (Å²) in [6.07, 6.45) is 4.57. The summed E-state index contributed by atoms with van der Waals surface area (Å²) in [4.78, 5) is 13.2. The van der Waals surface area contributed by atoms with E-state index in [1.165, 1.54) is 17.3 Å². The fourth-order valence-corrected chi connectivity index (χ4v) is 4.66. The van der Waals surface area contributed by atoms with Crippen molar-refractivity contribution in [3.63, 3.8) is 0 Å². The fraction of sp³-hybridized carbons (Fsp3) is 0.364. The lowest BCUT2D eigenvalue weighted by atomic mass is 10.0. The van der Waals surface area contributed by atoms with Gasteiger partial charge in [0.15, 0.2) is 5.16 Å². The number of furan rings is 1. The standard InChI is InChI=1S/C22H23N5O2S/c1-14-5-7-16(8-6-14)18-12-19(20-4-3-11-29-20)27(25-18)21(28)13-30-22-24-23-15(2)26(22)17-9-10-17/h3-8,11,17,19H,9-10,12-13H2,1-2H3/t19-/m1/s1. The van der Waals surface area contributed by atoms with E-state index in [1.807, 2.05) is 19.1 Å². The molecule has 1 aromatic carbocycles. The van der Waals surface area contributed by atoms with Crippen molar-refractivity contribution in [3.05, 3.63) is 65.4 Å². The summed E-state index contributed by atoms with van der Waals surface area (Å²) in [5, 5.41) is 15.5. The van der Waals surface area contributed by atoms with Crippen molar-refractivity contribution in [2.24, 2.45) is 5.10 Å². The molecule has 0 radical (unpaired) electrons. The zero-order chi connectivity index (χ0) is 20.7. The van der Waals surface area contributed by atoms with Gasteiger partial charge < -0.3 is 8.98 Å². The van der Waals surface area contributed by atoms with Gasteiger partial charge in [0.1, 0.15) is 17.6 Å². The maximum absolute atomic E-state index is 13.2. The van der Waals surface area contributed by atoms with Gasteiger partial charge in [0, 0.05) is 12.5 Å². The van der Waals surface area contributed by atoms with Crippen LogP contribution in [0.4, 0.5) is 0 Å². The summed E-state index contributed by atoms with van der Waals surface area (Å²) in [5.74, 6) is 1.84. The Bertz CT molecular complexity index is 1080. The highest BCUT2D eigenvalue weighted by Gasteiger charge is 2.35. The van der Waals surface area contributed by atoms with Crippen LogP contribution >= 0.6 is 11.8 Å². The number of aromatic nitrogens is 3. The Morgan fingerprint density at radius 3 is 2.67 bits per heavy atom. The van der Waals surface area contributed by atoms with E-state index in [0.717, 1.165) is 40.9 Å². The third-order valence-corrected chi connectivity index (χ3v) is 6.42. The molecule has 1 saturated carbocycles. The summed E-state index contributed by atoms with van der Waals surface area (Å²) in [6, 6.07) is 12.2. The summed E-state index contributed by atoms with van der Waals surface area (Å²) < 4.78 is 7.77. The number of aryl methyl sites for hydroxylation is 2. The lowest BCUT2D eigenvalue weighted by Gasteiger charge is -2.19. The maximum Gasteiger partial charge on any atom is 0.253 e. The molecular formula is C22H23N5O2S. The summed E-state index contributed by atoms with van der Waals surface area (Å²) in [7, 11) is 0. The van der Waals surface area contributed by atoms with E-state index in [2.05, 4.69) is 46.0 Å². The van der Waals surface area contributed by atoms with Crippen LogP contribution in [0.1, 0.15) is 54.1 Å². The minimum absolute atomic E-state index is 0.0634. The third-order valence-electron chi connectivity index (χ3n) is 5.49. The molecule has 3 aromatic rings. The van der Waals surface area contributed by atoms with Crippen molar-refractivity contribution in [2.45, 2.75) is 50.4 Å². The minimum atomic E-state index is -0.229. The molecule has 5 rings (SSSR count). The van der Waals surface area contributed by atoms with Gasteiger partial charge in [-0.15, -0.1) is 10.2 Å². The van der Waals surface area contributed by atoms with E-state index in [1.54, 1.807) is 11.3 Å². The van der Waals surface area contributed by atoms with Gasteiger partial charge in [0.05, 0.1) is 17.7 Å². The largest absolute Gasteiger partial charge is 0.467 e. The molecule has 30 heavy (non-hydrogen) atoms. The molecule has 1 fully saturated rings. The smallest absolute Gasteiger partial charge is 0.253 e. The zero-order valence-electron chi connectivity index (χ0n) is 17.0. The predicted octanol–water partition coefficient (Wildman–Crippen LogP) is 4.29. The van der Waals surface area contributed by atoms with E-state index >= 15 is 0 Å². The number of hydrazone groups is 1. The third kappa shape index (κ3) is 3.67. The molecular weight excluding hydrogens is 398 g/mol. The lowest BCUT2D eigenvalue weighted by molar-refractivity contribution is -0.130. The number of rotatable bonds is 6. The van der Waals surface area contributed by atoms with Gasteiger partial charge in [-0.2, -0.15) is 5.10 Å². The molecule has 0 unspecified atom stereocenters. The number of nitrogens with zero attached hydrogens (tertiary/aromatic N) is 5. The topological polar surface area (TPSA) is 76.5 Å². The Labute approximate surface area is 179 Å². The highest BCUT2D eigenvalue weighted by molar-refractivity contribution is 7.99. The number of carbonyl (C=O) groups excluding carboxylic acids is 1. The molecule has 7 nitrogen and oxygen atoms in total. The van der Waals surface area contributed by atoms with Gasteiger partial charge in [-0.3, -0.25) is 4.79 Å². The summed E-state index contributed by atoms with van der Waals surface area (Å²) in [5.41, 5.74) is 3.12. The quantitative estimate of drug-likeness (QED) is 0.555. The van der Waals surface area contributed by atoms with Crippen LogP contribution in [0.3, 0.4) is 0 Å². The van der Waals surface area contributed by atoms with E-state index in [0.29, 0.717) is 12.5 Å². The van der Waals surface area contributed by atoms with E-state index in [-0.39, 0.29) is 17.7 Å². The number of hydrogen-bond acceptors (Lipinski definition) is 6. The molecule has 1 aliphatic heterocycles. The minimum Gasteiger partial charge on any atom is -0.467 e. The highest BCUT2D eigenvalue weighted by Crippen LogP contribution is 2.39. The second kappa shape index (κ2) is 7.75. The Hall–Kier alpha value is -2.87. The van der Waals surface area contributed by atoms with Gasteiger partial charge in [0.2, 0.25) is 0 Å². The van der Waals surface area contributed by atoms with Crippen molar-refractivity contribution >= 4 is 23.4 Å². The monoisotopic (exact) mass is 421 g/mol. The van der Waals surface area contributed by atoms with Gasteiger partial charge in [0.25, 0.3) is 5.91 Å². The van der Waals surface area contributed by atoms with Crippen LogP contribution in [0.25, 0.3) is 0 Å². The molecule has 1 atom stereocenters. The normalized spacial score (nSPS) is 18.7. The van der Waals surface area contributed by atoms with Gasteiger partial charge in [-0.05, 0) is 44.4 Å². The van der Waals surface area contributed by atoms with Crippen molar-refractivity contribution < 1.29 is 9.21 Å². The van der Waals surface area contributed by atoms with E-state index < -0.39 is 0 Å². The maximum atomic E-state index is 13.2. The van der Waals surface area contributed by atoms with Crippen molar-refractivity contribution in [3.8, 4) is 0 Å². The second-order valence-corrected chi connectivity index (χ2v) is 8.75. The van der Waals surface area contributed by atoms with Crippen LogP contribution in [0.15, 0.2) is 57.3 Å². The van der Waals surface area contributed by atoms with Crippen LogP contribution in [0.2, 0.25) is 0 Å². The number of benzene rings is 1. The molecule has 0 N–H and O–H groups in total. The Morgan fingerprint density at radius 2 is 1.97 bits per heavy atom.